The summed E-state index contributed by atoms with van der Waals surface area (Å²) in [5.41, 5.74) is 7.87. The van der Waals surface area contributed by atoms with Crippen LogP contribution in [0.25, 0.3) is 0 Å². The molecule has 2 N–H and O–H groups in total. The first-order valence-corrected chi connectivity index (χ1v) is 8.65. The van der Waals surface area contributed by atoms with Crippen LogP contribution in [0.1, 0.15) is 40.7 Å². The van der Waals surface area contributed by atoms with Crippen molar-refractivity contribution in [2.75, 3.05) is 6.54 Å². The highest BCUT2D eigenvalue weighted by Gasteiger charge is 2.17. The molecule has 0 unspecified atom stereocenters. The van der Waals surface area contributed by atoms with Gasteiger partial charge in [0.05, 0.1) is 0 Å². The van der Waals surface area contributed by atoms with E-state index in [9.17, 15) is 14.4 Å². The van der Waals surface area contributed by atoms with Gasteiger partial charge in [-0.2, -0.15) is 0 Å². The molecule has 0 aliphatic carbocycles. The number of nitrogens with zero attached hydrogens (tertiary/aromatic N) is 1. The Morgan fingerprint density at radius 1 is 0.885 bits per heavy atom. The van der Waals surface area contributed by atoms with Crippen molar-refractivity contribution in [2.24, 2.45) is 5.73 Å². The summed E-state index contributed by atoms with van der Waals surface area (Å²) < 4.78 is 0. The van der Waals surface area contributed by atoms with Crippen molar-refractivity contribution in [3.8, 4) is 0 Å². The average molecular weight is 352 g/mol. The van der Waals surface area contributed by atoms with Crippen molar-refractivity contribution in [3.63, 3.8) is 0 Å². The second kappa shape index (κ2) is 9.51. The molecule has 0 aromatic heterocycles. The first-order chi connectivity index (χ1) is 12.5. The number of ketones is 1. The molecule has 2 amide bonds. The van der Waals surface area contributed by atoms with Crippen molar-refractivity contribution in [1.29, 1.82) is 0 Å². The third-order valence-electron chi connectivity index (χ3n) is 4.14. The maximum atomic E-state index is 12.6. The number of nitrogens with two attached hydrogens (primary N) is 1. The lowest BCUT2D eigenvalue weighted by molar-refractivity contribution is -0.132. The Kier molecular flexibility index (Phi) is 7.09. The van der Waals surface area contributed by atoms with E-state index in [2.05, 4.69) is 0 Å². The molecule has 0 saturated carbocycles. The maximum Gasteiger partial charge on any atom is 0.223 e. The molecular formula is C21H24N2O3. The van der Waals surface area contributed by atoms with Gasteiger partial charge in [0, 0.05) is 37.9 Å². The van der Waals surface area contributed by atoms with Gasteiger partial charge in [0.25, 0.3) is 0 Å². The number of aryl methyl sites for hydroxylation is 1. The molecule has 0 radical (unpaired) electrons. The van der Waals surface area contributed by atoms with Crippen molar-refractivity contribution >= 4 is 17.6 Å². The van der Waals surface area contributed by atoms with E-state index in [0.717, 1.165) is 11.1 Å². The Bertz CT molecular complexity index is 755. The highest BCUT2D eigenvalue weighted by atomic mass is 16.2. The standard InChI is InChI=1S/C21H24N2O3/c1-16-7-9-18(10-8-16)19(24)11-12-21(26)23(14-13-20(22)25)15-17-5-3-2-4-6-17/h2-10H,11-15H2,1H3,(H2,22,25). The van der Waals surface area contributed by atoms with Gasteiger partial charge in [-0.25, -0.2) is 0 Å². The molecule has 0 saturated heterocycles. The minimum absolute atomic E-state index is 0.0621. The number of benzene rings is 2. The van der Waals surface area contributed by atoms with E-state index in [1.165, 1.54) is 0 Å². The van der Waals surface area contributed by atoms with E-state index in [4.69, 9.17) is 5.73 Å². The Morgan fingerprint density at radius 3 is 2.15 bits per heavy atom. The van der Waals surface area contributed by atoms with Gasteiger partial charge in [-0.3, -0.25) is 14.4 Å². The van der Waals surface area contributed by atoms with Gasteiger partial charge in [0.1, 0.15) is 0 Å². The molecule has 0 fully saturated rings. The normalized spacial score (nSPS) is 10.3. The zero-order chi connectivity index (χ0) is 18.9. The lowest BCUT2D eigenvalue weighted by atomic mass is 10.0. The number of hydrogen-bond donors (Lipinski definition) is 1. The predicted molar refractivity (Wildman–Crippen MR) is 100 cm³/mol. The van der Waals surface area contributed by atoms with Crippen LogP contribution in [-0.2, 0) is 16.1 Å². The fourth-order valence-electron chi connectivity index (χ4n) is 2.60. The number of carbonyl (C=O) groups excluding carboxylic acids is 3. The van der Waals surface area contributed by atoms with Crippen LogP contribution in [-0.4, -0.2) is 29.0 Å². The van der Waals surface area contributed by atoms with Crippen molar-refractivity contribution in [2.45, 2.75) is 32.7 Å². The highest BCUT2D eigenvalue weighted by molar-refractivity contribution is 5.98. The van der Waals surface area contributed by atoms with E-state index < -0.39 is 5.91 Å². The van der Waals surface area contributed by atoms with Gasteiger partial charge in [-0.1, -0.05) is 60.2 Å². The molecule has 0 atom stereocenters. The minimum atomic E-state index is -0.452. The molecule has 2 rings (SSSR count). The minimum Gasteiger partial charge on any atom is -0.370 e. The molecule has 5 heteroatoms. The zero-order valence-electron chi connectivity index (χ0n) is 15.0. The van der Waals surface area contributed by atoms with E-state index >= 15 is 0 Å². The van der Waals surface area contributed by atoms with Crippen LogP contribution in [0.4, 0.5) is 0 Å². The van der Waals surface area contributed by atoms with Gasteiger partial charge >= 0.3 is 0 Å². The lowest BCUT2D eigenvalue weighted by Gasteiger charge is -2.22. The first-order valence-electron chi connectivity index (χ1n) is 8.65. The SMILES string of the molecule is Cc1ccc(C(=O)CCC(=O)N(CCC(N)=O)Cc2ccccc2)cc1. The summed E-state index contributed by atoms with van der Waals surface area (Å²) in [6.45, 7) is 2.60. The predicted octanol–water partition coefficient (Wildman–Crippen LogP) is 2.86. The van der Waals surface area contributed by atoms with Crippen LogP contribution in [0, 0.1) is 6.92 Å². The zero-order valence-corrected chi connectivity index (χ0v) is 15.0. The van der Waals surface area contributed by atoms with Gasteiger partial charge in [-0.05, 0) is 12.5 Å². The number of primary amides is 1. The second-order valence-electron chi connectivity index (χ2n) is 6.31. The molecule has 0 bridgehead atoms. The van der Waals surface area contributed by atoms with Crippen molar-refractivity contribution < 1.29 is 14.4 Å². The number of carbonyl (C=O) groups is 3. The molecule has 0 heterocycles. The van der Waals surface area contributed by atoms with E-state index in [0.29, 0.717) is 12.1 Å². The largest absolute Gasteiger partial charge is 0.370 e. The third-order valence-corrected chi connectivity index (χ3v) is 4.14. The summed E-state index contributed by atoms with van der Waals surface area (Å²) in [4.78, 5) is 37.5. The first kappa shape index (κ1) is 19.4. The molecule has 2 aromatic rings. The summed E-state index contributed by atoms with van der Waals surface area (Å²) in [6, 6.07) is 16.8. The molecule has 0 spiro atoms. The number of rotatable bonds is 9. The smallest absolute Gasteiger partial charge is 0.223 e. The van der Waals surface area contributed by atoms with Crippen molar-refractivity contribution in [3.05, 3.63) is 71.3 Å². The van der Waals surface area contributed by atoms with Crippen LogP contribution in [0.15, 0.2) is 54.6 Å². The van der Waals surface area contributed by atoms with E-state index in [1.807, 2.05) is 49.4 Å². The average Bonchev–Trinajstić information content (AvgIpc) is 2.64. The summed E-state index contributed by atoms with van der Waals surface area (Å²) in [5.74, 6) is -0.671. The van der Waals surface area contributed by atoms with E-state index in [-0.39, 0.29) is 37.5 Å². The molecule has 136 valence electrons. The Labute approximate surface area is 153 Å². The fourth-order valence-corrected chi connectivity index (χ4v) is 2.60. The van der Waals surface area contributed by atoms with Gasteiger partial charge < -0.3 is 10.6 Å². The molecular weight excluding hydrogens is 328 g/mol. The Morgan fingerprint density at radius 2 is 1.54 bits per heavy atom. The van der Waals surface area contributed by atoms with Gasteiger partial charge in [-0.15, -0.1) is 0 Å². The maximum absolute atomic E-state index is 12.6. The van der Waals surface area contributed by atoms with Crippen LogP contribution < -0.4 is 5.73 Å². The molecule has 26 heavy (non-hydrogen) atoms. The third kappa shape index (κ3) is 6.16. The quantitative estimate of drug-likeness (QED) is 0.705. The number of Topliss-reactive ketones (excluding diaryl/α,β-unsaturated/α-hetero) is 1. The molecule has 5 nitrogen and oxygen atoms in total. The second-order valence-corrected chi connectivity index (χ2v) is 6.31. The summed E-state index contributed by atoms with van der Waals surface area (Å²) in [6.07, 6.45) is 0.354. The fraction of sp³-hybridized carbons (Fsp3) is 0.286. The highest BCUT2D eigenvalue weighted by Crippen LogP contribution is 2.11. The van der Waals surface area contributed by atoms with Crippen LogP contribution >= 0.6 is 0 Å². The summed E-state index contributed by atoms with van der Waals surface area (Å²) in [7, 11) is 0. The monoisotopic (exact) mass is 352 g/mol. The van der Waals surface area contributed by atoms with Crippen LogP contribution in [0.3, 0.4) is 0 Å². The topological polar surface area (TPSA) is 80.5 Å². The summed E-state index contributed by atoms with van der Waals surface area (Å²) >= 11 is 0. The van der Waals surface area contributed by atoms with Gasteiger partial charge in [0.2, 0.25) is 11.8 Å². The van der Waals surface area contributed by atoms with E-state index in [1.54, 1.807) is 17.0 Å². The number of amides is 2. The van der Waals surface area contributed by atoms with Crippen molar-refractivity contribution in [1.82, 2.24) is 4.90 Å². The van der Waals surface area contributed by atoms with Crippen LogP contribution in [0.5, 0.6) is 0 Å². The van der Waals surface area contributed by atoms with Crippen LogP contribution in [0.2, 0.25) is 0 Å². The number of hydrogen-bond acceptors (Lipinski definition) is 3. The lowest BCUT2D eigenvalue weighted by Crippen LogP contribution is -2.33. The Hall–Kier alpha value is -2.95. The summed E-state index contributed by atoms with van der Waals surface area (Å²) in [5, 5.41) is 0. The Balaban J connectivity index is 1.97. The van der Waals surface area contributed by atoms with Gasteiger partial charge in [0.15, 0.2) is 5.78 Å². The molecule has 0 aliphatic heterocycles. The molecule has 2 aromatic carbocycles. The molecule has 0 aliphatic rings.